The van der Waals surface area contributed by atoms with Gasteiger partial charge in [-0.15, -0.1) is 0 Å². The van der Waals surface area contributed by atoms with Gasteiger partial charge in [-0.1, -0.05) is 105 Å². The van der Waals surface area contributed by atoms with E-state index in [0.717, 1.165) is 46.6 Å². The standard InChI is InChI=1S/C56H64N6S6Se2/c1-7-11-15-19-23-35-29-37-53(63-35)55-39(61(37)25-21-17-13-9-3)31-43(67-55)51-33(5)27-41(65-51)45-47-49(59-69-57-47)46(50-48(45)58-70-60-50)42-28-34(6)52(66-42)44-32-40-56(68-44)54-38(62(40)26-22-18-14-10-4)30-36(64-54)24-20-16-12-8-2/h27-32H,7-26H2,1-6H3. The molecule has 11 rings (SSSR count). The molecule has 10 heterocycles. The zero-order chi connectivity index (χ0) is 47.9. The summed E-state index contributed by atoms with van der Waals surface area (Å²) in [6.07, 6.45) is 23.1. The van der Waals surface area contributed by atoms with E-state index in [0.29, 0.717) is 0 Å². The van der Waals surface area contributed by atoms with E-state index in [4.69, 9.17) is 15.9 Å². The molecule has 1 aliphatic rings. The molecule has 0 spiro atoms. The van der Waals surface area contributed by atoms with Crippen LogP contribution < -0.4 is 0 Å². The average Bonchev–Trinajstić information content (AvgIpc) is 4.21. The van der Waals surface area contributed by atoms with Crippen LogP contribution in [0.15, 0.2) is 44.3 Å². The fourth-order valence-corrected chi connectivity index (χ4v) is 20.7. The van der Waals surface area contributed by atoms with Gasteiger partial charge in [0.1, 0.15) is 0 Å². The first-order valence-electron chi connectivity index (χ1n) is 26.1. The number of benzene rings is 1. The second-order valence-electron chi connectivity index (χ2n) is 19.5. The molecule has 0 bridgehead atoms. The van der Waals surface area contributed by atoms with Gasteiger partial charge in [-0.25, -0.2) is 0 Å². The second-order valence-corrected chi connectivity index (χ2v) is 28.2. The molecule has 0 aliphatic carbocycles. The first kappa shape index (κ1) is 49.5. The number of unbranched alkanes of at least 4 members (excludes halogenated alkanes) is 12. The van der Waals surface area contributed by atoms with E-state index in [1.54, 1.807) is 9.75 Å². The monoisotopic (exact) mass is 1170 g/mol. The molecule has 9 aromatic heterocycles. The van der Waals surface area contributed by atoms with E-state index >= 15 is 0 Å². The third kappa shape index (κ3) is 9.41. The van der Waals surface area contributed by atoms with Crippen molar-refractivity contribution in [2.24, 2.45) is 7.92 Å². The summed E-state index contributed by atoms with van der Waals surface area (Å²) < 4.78 is 32.2. The Morgan fingerprint density at radius 2 is 0.829 bits per heavy atom. The Balaban J connectivity index is 0.938. The fourth-order valence-electron chi connectivity index (χ4n) is 10.6. The summed E-state index contributed by atoms with van der Waals surface area (Å²) in [4.78, 5) is 11.1. The molecular formula is C56H64N6S6Se2. The number of aromatic nitrogens is 4. The summed E-state index contributed by atoms with van der Waals surface area (Å²) >= 11 is 11.5. The van der Waals surface area contributed by atoms with Gasteiger partial charge in [0.25, 0.3) is 0 Å². The Labute approximate surface area is 449 Å². The van der Waals surface area contributed by atoms with Gasteiger partial charge in [-0.05, 0) is 25.7 Å². The molecule has 0 saturated heterocycles. The number of hydrogen-bond donors (Lipinski definition) is 0. The van der Waals surface area contributed by atoms with Crippen LogP contribution in [0.1, 0.15) is 151 Å². The molecule has 10 aromatic rings. The van der Waals surface area contributed by atoms with Crippen LogP contribution in [0, 0.1) is 13.8 Å². The van der Waals surface area contributed by atoms with E-state index < -0.39 is 0 Å². The van der Waals surface area contributed by atoms with Crippen LogP contribution in [0.4, 0.5) is 11.4 Å². The Hall–Kier alpha value is -2.74. The average molecular weight is 1170 g/mol. The molecule has 0 radical (unpaired) electrons. The van der Waals surface area contributed by atoms with Crippen LogP contribution in [0.25, 0.3) is 92.3 Å². The van der Waals surface area contributed by atoms with Crippen molar-refractivity contribution in [2.45, 2.75) is 170 Å². The number of rotatable bonds is 24. The topological polar surface area (TPSA) is 60.4 Å². The van der Waals surface area contributed by atoms with Crippen LogP contribution >= 0.6 is 68.0 Å². The Morgan fingerprint density at radius 1 is 0.429 bits per heavy atom. The van der Waals surface area contributed by atoms with E-state index in [1.807, 2.05) is 45.3 Å². The number of nitrogens with zero attached hydrogens (tertiary/aromatic N) is 6. The molecule has 0 atom stereocenters. The van der Waals surface area contributed by atoms with Crippen molar-refractivity contribution in [1.82, 2.24) is 17.1 Å². The minimum Gasteiger partial charge on any atom is -0.0654 e. The molecule has 6 nitrogen and oxygen atoms in total. The molecule has 0 unspecified atom stereocenters. The molecule has 14 heteroatoms. The summed E-state index contributed by atoms with van der Waals surface area (Å²) in [6.45, 7) is 16.0. The maximum atomic E-state index is 5.23. The first-order chi connectivity index (χ1) is 34.4. The summed E-state index contributed by atoms with van der Waals surface area (Å²) in [5, 5.41) is 0. The van der Waals surface area contributed by atoms with Crippen molar-refractivity contribution in [3.8, 4) is 40.4 Å². The van der Waals surface area contributed by atoms with Crippen molar-refractivity contribution < 1.29 is 0 Å². The van der Waals surface area contributed by atoms with Gasteiger partial charge in [-0.2, -0.15) is 0 Å². The van der Waals surface area contributed by atoms with Crippen molar-refractivity contribution in [2.75, 3.05) is 0 Å². The van der Waals surface area contributed by atoms with Crippen molar-refractivity contribution >= 4 is 161 Å². The predicted molar refractivity (Wildman–Crippen MR) is 315 cm³/mol. The zero-order valence-electron chi connectivity index (χ0n) is 41.6. The summed E-state index contributed by atoms with van der Waals surface area (Å²) in [6, 6.07) is 14.9. The van der Waals surface area contributed by atoms with Crippen molar-refractivity contribution in [3.63, 3.8) is 0 Å². The normalized spacial score (nSPS) is 12.8. The minimum absolute atomic E-state index is 0.207. The molecular weight excluding hydrogens is 1110 g/mol. The molecule has 1 aromatic carbocycles. The Bertz CT molecular complexity index is 3320. The van der Waals surface area contributed by atoms with Gasteiger partial charge in [0, 0.05) is 0 Å². The Morgan fingerprint density at radius 3 is 1.26 bits per heavy atom. The van der Waals surface area contributed by atoms with Gasteiger partial charge in [0.05, 0.1) is 0 Å². The molecule has 0 fully saturated rings. The van der Waals surface area contributed by atoms with Gasteiger partial charge in [-0.3, -0.25) is 0 Å². The third-order valence-electron chi connectivity index (χ3n) is 14.3. The quantitative estimate of drug-likeness (QED) is 0.0447. The first-order valence-corrected chi connectivity index (χ1v) is 34.1. The van der Waals surface area contributed by atoms with Gasteiger partial charge >= 0.3 is 323 Å². The van der Waals surface area contributed by atoms with E-state index in [9.17, 15) is 0 Å². The second kappa shape index (κ2) is 22.0. The zero-order valence-corrected chi connectivity index (χ0v) is 49.9. The molecule has 0 N–H and O–H groups in total. The van der Waals surface area contributed by atoms with Crippen molar-refractivity contribution in [1.29, 1.82) is 0 Å². The Kier molecular flexibility index (Phi) is 15.5. The number of aryl methyl sites for hydroxylation is 6. The molecule has 366 valence electrons. The molecule has 0 amide bonds. The summed E-state index contributed by atoms with van der Waals surface area (Å²) in [7, 11) is 0. The van der Waals surface area contributed by atoms with Crippen LogP contribution in [-0.2, 0) is 25.9 Å². The smallest absolute Gasteiger partial charge is 0.0654 e. The van der Waals surface area contributed by atoms with E-state index in [-0.39, 0.29) is 29.5 Å². The van der Waals surface area contributed by atoms with Gasteiger partial charge in [0.15, 0.2) is 0 Å². The minimum atomic E-state index is -0.207. The SMILES string of the molecule is CCCCCCc1cc2c(s1)c1sc(-c3sc(-c4c5c(c(-c6cc(C)c(-c7cc8c(s7)c7sc(CCCCCC)cc7n8CCCCCC)s6)c6n[se]nc46)N=[Se]=N5)cc3C)cc1n2CCCCCC. The van der Waals surface area contributed by atoms with Crippen LogP contribution in [0.3, 0.4) is 0 Å². The number of thiophene rings is 6. The number of fused-ring (bicyclic) bond motifs is 8. The number of hydrogen-bond acceptors (Lipinski definition) is 10. The van der Waals surface area contributed by atoms with Crippen molar-refractivity contribution in [3.05, 3.63) is 57.3 Å². The van der Waals surface area contributed by atoms with Crippen LogP contribution in [0.2, 0.25) is 0 Å². The van der Waals surface area contributed by atoms with Gasteiger partial charge in [0.2, 0.25) is 0 Å². The molecule has 1 aliphatic heterocycles. The van der Waals surface area contributed by atoms with E-state index in [2.05, 4.69) is 110 Å². The predicted octanol–water partition coefficient (Wildman–Crippen LogP) is 20.3. The van der Waals surface area contributed by atoms with Crippen LogP contribution in [0.5, 0.6) is 0 Å². The van der Waals surface area contributed by atoms with Gasteiger partial charge < -0.3 is 0 Å². The molecule has 0 saturated carbocycles. The molecule has 70 heavy (non-hydrogen) atoms. The fraction of sp³-hybridized carbons (Fsp3) is 0.464. The van der Waals surface area contributed by atoms with Crippen LogP contribution in [-0.4, -0.2) is 46.6 Å². The van der Waals surface area contributed by atoms with E-state index in [1.165, 1.54) is 197 Å². The summed E-state index contributed by atoms with van der Waals surface area (Å²) in [5.41, 5.74) is 14.8. The maximum absolute atomic E-state index is 5.23. The third-order valence-corrected chi connectivity index (χ3v) is 24.3. The summed E-state index contributed by atoms with van der Waals surface area (Å²) in [5.74, 6) is 0.